The first kappa shape index (κ1) is 16.5. The smallest absolute Gasteiger partial charge is 0.344 e. The number of hydrogen-bond donors (Lipinski definition) is 2. The monoisotopic (exact) mass is 294 g/mol. The van der Waals surface area contributed by atoms with Gasteiger partial charge in [-0.05, 0) is 25.5 Å². The third kappa shape index (κ3) is 6.42. The van der Waals surface area contributed by atoms with E-state index in [-0.39, 0.29) is 6.61 Å². The molecule has 0 atom stereocenters. The van der Waals surface area contributed by atoms with Crippen LogP contribution in [0.5, 0.6) is 5.75 Å². The number of urea groups is 1. The van der Waals surface area contributed by atoms with Crippen LogP contribution in [0.25, 0.3) is 0 Å². The Balaban J connectivity index is 2.27. The third-order valence-electron chi connectivity index (χ3n) is 2.39. The first-order chi connectivity index (χ1) is 10.0. The second-order valence-corrected chi connectivity index (χ2v) is 4.12. The first-order valence-electron chi connectivity index (χ1n) is 6.44. The standard InChI is InChI=1S/C14H18N2O5/c1-3-15-14(19)16-12(17)8-21-13(18)9-20-11-7-5-4-6-10(11)2/h4-7H,3,8-9H2,1-2H3,(H2,15,16,17,19). The highest BCUT2D eigenvalue weighted by atomic mass is 16.6. The van der Waals surface area contributed by atoms with Crippen molar-refractivity contribution in [3.05, 3.63) is 29.8 Å². The fourth-order valence-corrected chi connectivity index (χ4v) is 1.41. The van der Waals surface area contributed by atoms with Gasteiger partial charge in [-0.15, -0.1) is 0 Å². The number of carbonyl (C=O) groups is 3. The minimum Gasteiger partial charge on any atom is -0.482 e. The van der Waals surface area contributed by atoms with Gasteiger partial charge in [0, 0.05) is 6.54 Å². The Morgan fingerprint density at radius 2 is 1.86 bits per heavy atom. The molecule has 1 aromatic rings. The van der Waals surface area contributed by atoms with E-state index >= 15 is 0 Å². The number of para-hydroxylation sites is 1. The van der Waals surface area contributed by atoms with E-state index in [4.69, 9.17) is 4.74 Å². The Morgan fingerprint density at radius 1 is 1.14 bits per heavy atom. The number of imide groups is 1. The summed E-state index contributed by atoms with van der Waals surface area (Å²) in [6.07, 6.45) is 0. The molecule has 114 valence electrons. The van der Waals surface area contributed by atoms with Crippen LogP contribution >= 0.6 is 0 Å². The second-order valence-electron chi connectivity index (χ2n) is 4.12. The summed E-state index contributed by atoms with van der Waals surface area (Å²) in [5.41, 5.74) is 0.888. The summed E-state index contributed by atoms with van der Waals surface area (Å²) in [5.74, 6) is -0.823. The number of ether oxygens (including phenoxy) is 2. The van der Waals surface area contributed by atoms with Gasteiger partial charge in [0.2, 0.25) is 0 Å². The van der Waals surface area contributed by atoms with Gasteiger partial charge in [-0.3, -0.25) is 10.1 Å². The predicted molar refractivity (Wildman–Crippen MR) is 74.8 cm³/mol. The average Bonchev–Trinajstić information content (AvgIpc) is 2.44. The van der Waals surface area contributed by atoms with Crippen LogP contribution in [0.2, 0.25) is 0 Å². The van der Waals surface area contributed by atoms with E-state index < -0.39 is 24.5 Å². The highest BCUT2D eigenvalue weighted by Crippen LogP contribution is 2.15. The number of aryl methyl sites for hydroxylation is 1. The average molecular weight is 294 g/mol. The lowest BCUT2D eigenvalue weighted by Crippen LogP contribution is -2.41. The van der Waals surface area contributed by atoms with Crippen LogP contribution in [-0.4, -0.2) is 37.7 Å². The van der Waals surface area contributed by atoms with E-state index in [0.29, 0.717) is 12.3 Å². The SMILES string of the molecule is CCNC(=O)NC(=O)COC(=O)COc1ccccc1C. The molecule has 0 aliphatic rings. The number of rotatable bonds is 6. The van der Waals surface area contributed by atoms with Crippen molar-refractivity contribution >= 4 is 17.9 Å². The molecule has 2 N–H and O–H groups in total. The quantitative estimate of drug-likeness (QED) is 0.756. The van der Waals surface area contributed by atoms with E-state index in [9.17, 15) is 14.4 Å². The zero-order valence-electron chi connectivity index (χ0n) is 12.0. The summed E-state index contributed by atoms with van der Waals surface area (Å²) in [6, 6.07) is 6.58. The van der Waals surface area contributed by atoms with E-state index in [1.165, 1.54) is 0 Å². The number of amides is 3. The molecular weight excluding hydrogens is 276 g/mol. The summed E-state index contributed by atoms with van der Waals surface area (Å²) in [6.45, 7) is 3.11. The minimum absolute atomic E-state index is 0.306. The van der Waals surface area contributed by atoms with Gasteiger partial charge in [-0.25, -0.2) is 9.59 Å². The van der Waals surface area contributed by atoms with Crippen LogP contribution in [0.1, 0.15) is 12.5 Å². The molecule has 21 heavy (non-hydrogen) atoms. The molecule has 0 aromatic heterocycles. The second kappa shape index (κ2) is 8.57. The maximum absolute atomic E-state index is 11.4. The Bertz CT molecular complexity index is 516. The molecule has 0 saturated carbocycles. The molecule has 0 bridgehead atoms. The van der Waals surface area contributed by atoms with Crippen molar-refractivity contribution < 1.29 is 23.9 Å². The van der Waals surface area contributed by atoms with Crippen molar-refractivity contribution in [2.24, 2.45) is 0 Å². The molecule has 0 radical (unpaired) electrons. The maximum atomic E-state index is 11.4. The number of carbonyl (C=O) groups excluding carboxylic acids is 3. The number of nitrogens with one attached hydrogen (secondary N) is 2. The molecule has 0 fully saturated rings. The number of esters is 1. The van der Waals surface area contributed by atoms with Crippen LogP contribution in [-0.2, 0) is 14.3 Å². The van der Waals surface area contributed by atoms with Crippen LogP contribution in [0.15, 0.2) is 24.3 Å². The maximum Gasteiger partial charge on any atom is 0.344 e. The molecule has 0 aliphatic carbocycles. The van der Waals surface area contributed by atoms with Gasteiger partial charge in [-0.1, -0.05) is 18.2 Å². The zero-order chi connectivity index (χ0) is 15.7. The summed E-state index contributed by atoms with van der Waals surface area (Å²) < 4.78 is 9.95. The molecule has 7 nitrogen and oxygen atoms in total. The lowest BCUT2D eigenvalue weighted by molar-refractivity contribution is -0.150. The fourth-order valence-electron chi connectivity index (χ4n) is 1.41. The van der Waals surface area contributed by atoms with Gasteiger partial charge < -0.3 is 14.8 Å². The summed E-state index contributed by atoms with van der Waals surface area (Å²) in [5, 5.41) is 4.39. The van der Waals surface area contributed by atoms with Crippen LogP contribution in [0.4, 0.5) is 4.79 Å². The summed E-state index contributed by atoms with van der Waals surface area (Å²) >= 11 is 0. The molecular formula is C14H18N2O5. The van der Waals surface area contributed by atoms with Crippen molar-refractivity contribution in [3.8, 4) is 5.75 Å². The van der Waals surface area contributed by atoms with Crippen molar-refractivity contribution in [2.45, 2.75) is 13.8 Å². The minimum atomic E-state index is -0.704. The van der Waals surface area contributed by atoms with Crippen molar-refractivity contribution in [1.29, 1.82) is 0 Å². The Kier molecular flexibility index (Phi) is 6.73. The summed E-state index contributed by atoms with van der Waals surface area (Å²) in [4.78, 5) is 33.7. The third-order valence-corrected chi connectivity index (χ3v) is 2.39. The zero-order valence-corrected chi connectivity index (χ0v) is 12.0. The van der Waals surface area contributed by atoms with Crippen LogP contribution in [0, 0.1) is 6.92 Å². The lowest BCUT2D eigenvalue weighted by Gasteiger charge is -2.09. The highest BCUT2D eigenvalue weighted by molar-refractivity contribution is 5.95. The Hall–Kier alpha value is -2.57. The van der Waals surface area contributed by atoms with Gasteiger partial charge in [0.25, 0.3) is 5.91 Å². The Morgan fingerprint density at radius 3 is 2.52 bits per heavy atom. The van der Waals surface area contributed by atoms with Crippen LogP contribution < -0.4 is 15.4 Å². The molecule has 0 unspecified atom stereocenters. The van der Waals surface area contributed by atoms with Gasteiger partial charge in [0.1, 0.15) is 5.75 Å². The normalized spacial score (nSPS) is 9.62. The largest absolute Gasteiger partial charge is 0.482 e. The molecule has 1 rings (SSSR count). The van der Waals surface area contributed by atoms with Crippen molar-refractivity contribution in [1.82, 2.24) is 10.6 Å². The lowest BCUT2D eigenvalue weighted by atomic mass is 10.2. The van der Waals surface area contributed by atoms with Crippen molar-refractivity contribution in [2.75, 3.05) is 19.8 Å². The fraction of sp³-hybridized carbons (Fsp3) is 0.357. The van der Waals surface area contributed by atoms with Gasteiger partial charge in [-0.2, -0.15) is 0 Å². The number of hydrogen-bond acceptors (Lipinski definition) is 5. The van der Waals surface area contributed by atoms with Crippen LogP contribution in [0.3, 0.4) is 0 Å². The topological polar surface area (TPSA) is 93.7 Å². The number of benzene rings is 1. The molecule has 0 spiro atoms. The van der Waals surface area contributed by atoms with Gasteiger partial charge >= 0.3 is 12.0 Å². The van der Waals surface area contributed by atoms with E-state index in [1.54, 1.807) is 19.1 Å². The van der Waals surface area contributed by atoms with E-state index in [0.717, 1.165) is 5.56 Å². The molecule has 0 heterocycles. The molecule has 0 aliphatic heterocycles. The molecule has 0 saturated heterocycles. The molecule has 7 heteroatoms. The molecule has 3 amide bonds. The van der Waals surface area contributed by atoms with Gasteiger partial charge in [0.15, 0.2) is 13.2 Å². The molecule has 1 aromatic carbocycles. The van der Waals surface area contributed by atoms with Gasteiger partial charge in [0.05, 0.1) is 0 Å². The van der Waals surface area contributed by atoms with E-state index in [2.05, 4.69) is 10.1 Å². The first-order valence-corrected chi connectivity index (χ1v) is 6.44. The summed E-state index contributed by atoms with van der Waals surface area (Å²) in [7, 11) is 0. The highest BCUT2D eigenvalue weighted by Gasteiger charge is 2.11. The van der Waals surface area contributed by atoms with E-state index in [1.807, 2.05) is 24.4 Å². The van der Waals surface area contributed by atoms with Crippen molar-refractivity contribution in [3.63, 3.8) is 0 Å². The predicted octanol–water partition coefficient (Wildman–Crippen LogP) is 0.763. The Labute approximate surface area is 122 Å².